The predicted molar refractivity (Wildman–Crippen MR) is 102 cm³/mol. The molecule has 0 saturated carbocycles. The minimum atomic E-state index is -0.486. The van der Waals surface area contributed by atoms with E-state index in [0.29, 0.717) is 28.9 Å². The SMILES string of the molecule is COc1ccc(NC(=O)NC(C)Oc2ccc(C(C)C)cc2)cc1OC. The Bertz CT molecular complexity index is 729. The molecule has 0 radical (unpaired) electrons. The molecular weight excluding hydrogens is 332 g/mol. The van der Waals surface area contributed by atoms with Crippen molar-refractivity contribution in [3.8, 4) is 17.2 Å². The van der Waals surface area contributed by atoms with Crippen molar-refractivity contribution in [1.82, 2.24) is 5.32 Å². The molecule has 0 heterocycles. The van der Waals surface area contributed by atoms with Gasteiger partial charge in [-0.15, -0.1) is 0 Å². The van der Waals surface area contributed by atoms with Crippen molar-refractivity contribution in [2.75, 3.05) is 19.5 Å². The zero-order valence-corrected chi connectivity index (χ0v) is 15.8. The van der Waals surface area contributed by atoms with E-state index >= 15 is 0 Å². The van der Waals surface area contributed by atoms with Crippen LogP contribution < -0.4 is 24.8 Å². The molecule has 6 nitrogen and oxygen atoms in total. The molecule has 1 atom stereocenters. The monoisotopic (exact) mass is 358 g/mol. The molecule has 1 unspecified atom stereocenters. The largest absolute Gasteiger partial charge is 0.493 e. The highest BCUT2D eigenvalue weighted by Crippen LogP contribution is 2.29. The molecule has 0 aliphatic rings. The summed E-state index contributed by atoms with van der Waals surface area (Å²) in [7, 11) is 3.10. The molecule has 6 heteroatoms. The second kappa shape index (κ2) is 8.99. The molecule has 0 bridgehead atoms. The first-order valence-corrected chi connectivity index (χ1v) is 8.49. The molecule has 0 aliphatic heterocycles. The zero-order valence-electron chi connectivity index (χ0n) is 15.8. The first kappa shape index (κ1) is 19.4. The Kier molecular flexibility index (Phi) is 6.72. The molecule has 26 heavy (non-hydrogen) atoms. The number of amides is 2. The van der Waals surface area contributed by atoms with Crippen LogP contribution in [0.25, 0.3) is 0 Å². The molecule has 2 aromatic rings. The summed E-state index contributed by atoms with van der Waals surface area (Å²) in [6, 6.07) is 12.6. The number of urea groups is 1. The fourth-order valence-corrected chi connectivity index (χ4v) is 2.43. The van der Waals surface area contributed by atoms with Crippen molar-refractivity contribution < 1.29 is 19.0 Å². The molecule has 2 aromatic carbocycles. The number of benzene rings is 2. The number of ether oxygens (including phenoxy) is 3. The second-order valence-corrected chi connectivity index (χ2v) is 6.15. The Labute approximate surface area is 154 Å². The van der Waals surface area contributed by atoms with E-state index in [2.05, 4.69) is 24.5 Å². The lowest BCUT2D eigenvalue weighted by atomic mass is 10.0. The van der Waals surface area contributed by atoms with Gasteiger partial charge >= 0.3 is 6.03 Å². The van der Waals surface area contributed by atoms with Gasteiger partial charge in [0.2, 0.25) is 0 Å². The van der Waals surface area contributed by atoms with Crippen LogP contribution in [0.2, 0.25) is 0 Å². The van der Waals surface area contributed by atoms with Crippen molar-refractivity contribution >= 4 is 11.7 Å². The average molecular weight is 358 g/mol. The van der Waals surface area contributed by atoms with E-state index in [0.717, 1.165) is 0 Å². The van der Waals surface area contributed by atoms with Crippen LogP contribution in [0.4, 0.5) is 10.5 Å². The van der Waals surface area contributed by atoms with E-state index in [1.807, 2.05) is 24.3 Å². The summed E-state index contributed by atoms with van der Waals surface area (Å²) in [4.78, 5) is 12.1. The zero-order chi connectivity index (χ0) is 19.1. The van der Waals surface area contributed by atoms with Gasteiger partial charge in [0, 0.05) is 11.8 Å². The van der Waals surface area contributed by atoms with Gasteiger partial charge in [0.1, 0.15) is 5.75 Å². The number of rotatable bonds is 7. The van der Waals surface area contributed by atoms with Crippen molar-refractivity contribution in [2.24, 2.45) is 0 Å². The molecule has 2 amide bonds. The van der Waals surface area contributed by atoms with Crippen molar-refractivity contribution in [2.45, 2.75) is 32.9 Å². The van der Waals surface area contributed by atoms with Crippen molar-refractivity contribution in [3.05, 3.63) is 48.0 Å². The van der Waals surface area contributed by atoms with Gasteiger partial charge in [0.15, 0.2) is 17.7 Å². The van der Waals surface area contributed by atoms with Crippen LogP contribution in [0.5, 0.6) is 17.2 Å². The minimum absolute atomic E-state index is 0.372. The summed E-state index contributed by atoms with van der Waals surface area (Å²) in [6.45, 7) is 6.04. The van der Waals surface area contributed by atoms with E-state index in [9.17, 15) is 4.79 Å². The van der Waals surface area contributed by atoms with Gasteiger partial charge in [0.25, 0.3) is 0 Å². The smallest absolute Gasteiger partial charge is 0.322 e. The van der Waals surface area contributed by atoms with Gasteiger partial charge in [-0.2, -0.15) is 0 Å². The van der Waals surface area contributed by atoms with Crippen LogP contribution in [0, 0.1) is 0 Å². The first-order chi connectivity index (χ1) is 12.4. The summed E-state index contributed by atoms with van der Waals surface area (Å²) in [5, 5.41) is 5.48. The molecule has 2 rings (SSSR count). The lowest BCUT2D eigenvalue weighted by Crippen LogP contribution is -2.39. The minimum Gasteiger partial charge on any atom is -0.493 e. The highest BCUT2D eigenvalue weighted by Gasteiger charge is 2.11. The predicted octanol–water partition coefficient (Wildman–Crippen LogP) is 4.37. The Morgan fingerprint density at radius 2 is 1.58 bits per heavy atom. The maximum atomic E-state index is 12.1. The van der Waals surface area contributed by atoms with Crippen LogP contribution in [-0.4, -0.2) is 26.5 Å². The third kappa shape index (κ3) is 5.31. The Morgan fingerprint density at radius 3 is 2.15 bits per heavy atom. The van der Waals surface area contributed by atoms with Gasteiger partial charge in [-0.1, -0.05) is 26.0 Å². The number of hydrogen-bond donors (Lipinski definition) is 2. The van der Waals surface area contributed by atoms with Gasteiger partial charge in [-0.3, -0.25) is 0 Å². The van der Waals surface area contributed by atoms with E-state index in [1.54, 1.807) is 39.3 Å². The van der Waals surface area contributed by atoms with Gasteiger partial charge in [-0.05, 0) is 42.7 Å². The quantitative estimate of drug-likeness (QED) is 0.721. The normalized spacial score (nSPS) is 11.6. The van der Waals surface area contributed by atoms with Crippen molar-refractivity contribution in [3.63, 3.8) is 0 Å². The second-order valence-electron chi connectivity index (χ2n) is 6.15. The third-order valence-electron chi connectivity index (χ3n) is 3.84. The van der Waals surface area contributed by atoms with Gasteiger partial charge in [-0.25, -0.2) is 4.79 Å². The average Bonchev–Trinajstić information content (AvgIpc) is 2.61. The van der Waals surface area contributed by atoms with Crippen LogP contribution in [-0.2, 0) is 0 Å². The highest BCUT2D eigenvalue weighted by atomic mass is 16.5. The summed E-state index contributed by atoms with van der Waals surface area (Å²) in [5.74, 6) is 2.31. The summed E-state index contributed by atoms with van der Waals surface area (Å²) >= 11 is 0. The van der Waals surface area contributed by atoms with E-state index < -0.39 is 6.23 Å². The van der Waals surface area contributed by atoms with Gasteiger partial charge in [0.05, 0.1) is 14.2 Å². The first-order valence-electron chi connectivity index (χ1n) is 8.49. The summed E-state index contributed by atoms with van der Waals surface area (Å²) in [5.41, 5.74) is 1.83. The maximum Gasteiger partial charge on any atom is 0.322 e. The lowest BCUT2D eigenvalue weighted by molar-refractivity contribution is 0.183. The number of hydrogen-bond acceptors (Lipinski definition) is 4. The number of nitrogens with one attached hydrogen (secondary N) is 2. The number of carbonyl (C=O) groups excluding carboxylic acids is 1. The highest BCUT2D eigenvalue weighted by molar-refractivity contribution is 5.89. The van der Waals surface area contributed by atoms with Gasteiger partial charge < -0.3 is 24.8 Å². The van der Waals surface area contributed by atoms with Crippen LogP contribution in [0.15, 0.2) is 42.5 Å². The summed E-state index contributed by atoms with van der Waals surface area (Å²) in [6.07, 6.45) is -0.486. The molecule has 0 aliphatic carbocycles. The Morgan fingerprint density at radius 1 is 0.923 bits per heavy atom. The van der Waals surface area contributed by atoms with Crippen molar-refractivity contribution in [1.29, 1.82) is 0 Å². The topological polar surface area (TPSA) is 68.8 Å². The number of methoxy groups -OCH3 is 2. The number of carbonyl (C=O) groups is 1. The summed E-state index contributed by atoms with van der Waals surface area (Å²) < 4.78 is 16.1. The van der Waals surface area contributed by atoms with E-state index in [-0.39, 0.29) is 6.03 Å². The fourth-order valence-electron chi connectivity index (χ4n) is 2.43. The lowest BCUT2D eigenvalue weighted by Gasteiger charge is -2.17. The standard InChI is InChI=1S/C20H26N2O4/c1-13(2)15-6-9-17(10-7-15)26-14(3)21-20(23)22-16-8-11-18(24-4)19(12-16)25-5/h6-14H,1-5H3,(H2,21,22,23). The molecule has 140 valence electrons. The Hall–Kier alpha value is -2.89. The van der Waals surface area contributed by atoms with E-state index in [1.165, 1.54) is 5.56 Å². The molecule has 0 aromatic heterocycles. The van der Waals surface area contributed by atoms with Crippen LogP contribution in [0.3, 0.4) is 0 Å². The fraction of sp³-hybridized carbons (Fsp3) is 0.350. The maximum absolute atomic E-state index is 12.1. The van der Waals surface area contributed by atoms with Crippen LogP contribution in [0.1, 0.15) is 32.3 Å². The molecular formula is C20H26N2O4. The molecule has 0 spiro atoms. The third-order valence-corrected chi connectivity index (χ3v) is 3.84. The molecule has 0 saturated heterocycles. The Balaban J connectivity index is 1.90. The van der Waals surface area contributed by atoms with Crippen LogP contribution >= 0.6 is 0 Å². The number of anilines is 1. The van der Waals surface area contributed by atoms with E-state index in [4.69, 9.17) is 14.2 Å². The molecule has 2 N–H and O–H groups in total. The molecule has 0 fully saturated rings.